The molecule has 13 atom stereocenters. The lowest BCUT2D eigenvalue weighted by molar-refractivity contribution is -0.226. The Balaban J connectivity index is 1.44. The minimum atomic E-state index is -2.39. The average Bonchev–Trinajstić information content (AvgIpc) is 3.68. The van der Waals surface area contributed by atoms with Crippen molar-refractivity contribution in [1.82, 2.24) is 0 Å². The molecule has 5 fully saturated rings. The Morgan fingerprint density at radius 1 is 0.914 bits per heavy atom. The van der Waals surface area contributed by atoms with E-state index in [0.29, 0.717) is 6.42 Å². The van der Waals surface area contributed by atoms with Gasteiger partial charge in [0.05, 0.1) is 35.6 Å². The summed E-state index contributed by atoms with van der Waals surface area (Å²) in [5, 5.41) is 0. The third-order valence-electron chi connectivity index (χ3n) is 9.60. The van der Waals surface area contributed by atoms with Crippen molar-refractivity contribution in [2.75, 3.05) is 0 Å². The predicted octanol–water partition coefficient (Wildman–Crippen LogP) is 3.43. The van der Waals surface area contributed by atoms with E-state index in [2.05, 4.69) is 13.8 Å². The molecule has 0 aromatic rings. The van der Waals surface area contributed by atoms with Crippen molar-refractivity contribution in [3.8, 4) is 0 Å². The van der Waals surface area contributed by atoms with Gasteiger partial charge in [-0.3, -0.25) is 14.4 Å². The first-order valence-electron chi connectivity index (χ1n) is 12.6. The molecule has 2 aliphatic carbocycles. The smallest absolute Gasteiger partial charge is 0.316 e. The van der Waals surface area contributed by atoms with Crippen molar-refractivity contribution in [3.05, 3.63) is 12.2 Å². The first-order chi connectivity index (χ1) is 16.3. The zero-order valence-electron chi connectivity index (χ0n) is 20.5. The summed E-state index contributed by atoms with van der Waals surface area (Å²) in [5.41, 5.74) is -0.835. The molecule has 3 saturated heterocycles. The van der Waals surface area contributed by atoms with E-state index in [0.717, 1.165) is 6.42 Å². The van der Waals surface area contributed by atoms with E-state index in [4.69, 9.17) is 42.1 Å². The number of alkyl halides is 2. The molecule has 7 rings (SSSR count). The molecular weight excluding hydrogens is 495 g/mol. The molecule has 0 aromatic carbocycles. The van der Waals surface area contributed by atoms with E-state index < -0.39 is 45.4 Å². The lowest BCUT2D eigenvalue weighted by Crippen LogP contribution is -2.64. The number of carbonyl (C=O) groups excluding carboxylic acids is 3. The van der Waals surface area contributed by atoms with Crippen molar-refractivity contribution in [2.24, 2.45) is 35.5 Å². The summed E-state index contributed by atoms with van der Waals surface area (Å²) in [6.07, 6.45) is 4.27. The second-order valence-corrected chi connectivity index (χ2v) is 13.3. The van der Waals surface area contributed by atoms with Gasteiger partial charge < -0.3 is 18.9 Å². The molecule has 192 valence electrons. The van der Waals surface area contributed by atoms with Crippen molar-refractivity contribution in [1.29, 1.82) is 0 Å². The van der Waals surface area contributed by atoms with Crippen molar-refractivity contribution in [2.45, 2.75) is 93.5 Å². The third-order valence-corrected chi connectivity index (χ3v) is 10.3. The van der Waals surface area contributed by atoms with Crippen LogP contribution in [0.5, 0.6) is 0 Å². The Kier molecular flexibility index (Phi) is 5.24. The fourth-order valence-corrected chi connectivity index (χ4v) is 8.44. The van der Waals surface area contributed by atoms with Crippen LogP contribution in [-0.4, -0.2) is 63.6 Å². The lowest BCUT2D eigenvalue weighted by atomic mass is 9.52. The van der Waals surface area contributed by atoms with Crippen LogP contribution in [0.25, 0.3) is 0 Å². The van der Waals surface area contributed by atoms with Crippen LogP contribution in [0, 0.1) is 35.5 Å². The molecule has 0 radical (unpaired) electrons. The van der Waals surface area contributed by atoms with E-state index in [-0.39, 0.29) is 53.7 Å². The van der Waals surface area contributed by atoms with Crippen LogP contribution in [0.3, 0.4) is 0 Å². The van der Waals surface area contributed by atoms with Crippen LogP contribution in [-0.2, 0) is 33.3 Å². The topological polar surface area (TPSA) is 94.7 Å². The lowest BCUT2D eigenvalue weighted by Gasteiger charge is -2.56. The van der Waals surface area contributed by atoms with Crippen LogP contribution < -0.4 is 0 Å². The molecule has 7 nitrogen and oxygen atoms in total. The highest BCUT2D eigenvalue weighted by Gasteiger charge is 2.75. The molecule has 0 spiro atoms. The molecule has 2 saturated carbocycles. The first-order valence-corrected chi connectivity index (χ1v) is 13.4. The molecule has 0 amide bonds. The Labute approximate surface area is 215 Å². The number of ether oxygens (including phenoxy) is 4. The molecule has 9 heteroatoms. The second-order valence-electron chi connectivity index (χ2n) is 12.0. The van der Waals surface area contributed by atoms with Crippen LogP contribution in [0.15, 0.2) is 12.2 Å². The van der Waals surface area contributed by atoms with Crippen LogP contribution in [0.2, 0.25) is 0 Å². The quantitative estimate of drug-likeness (QED) is 0.157. The molecular formula is C26H32Cl2O7. The van der Waals surface area contributed by atoms with Gasteiger partial charge in [0.15, 0.2) is 11.6 Å². The van der Waals surface area contributed by atoms with E-state index in [9.17, 15) is 14.4 Å². The van der Waals surface area contributed by atoms with Crippen molar-refractivity contribution >= 4 is 40.7 Å². The summed E-state index contributed by atoms with van der Waals surface area (Å²) in [6, 6.07) is 0. The molecule has 6 unspecified atom stereocenters. The van der Waals surface area contributed by atoms with Gasteiger partial charge in [-0.25, -0.2) is 0 Å². The first kappa shape index (κ1) is 24.4. The predicted molar refractivity (Wildman–Crippen MR) is 126 cm³/mol. The van der Waals surface area contributed by atoms with Crippen LogP contribution in [0.1, 0.15) is 47.5 Å². The summed E-state index contributed by atoms with van der Waals surface area (Å²) in [7, 11) is 0. The van der Waals surface area contributed by atoms with Crippen LogP contribution >= 0.6 is 23.2 Å². The molecule has 0 aromatic heterocycles. The van der Waals surface area contributed by atoms with Gasteiger partial charge >= 0.3 is 5.97 Å². The molecule has 5 heterocycles. The molecule has 5 aliphatic heterocycles. The second kappa shape index (κ2) is 7.53. The minimum absolute atomic E-state index is 0.0250. The van der Waals surface area contributed by atoms with Gasteiger partial charge in [0.1, 0.15) is 12.0 Å². The van der Waals surface area contributed by atoms with Gasteiger partial charge in [-0.1, -0.05) is 36.2 Å². The zero-order valence-corrected chi connectivity index (χ0v) is 22.0. The number of hydrogen-bond donors (Lipinski definition) is 0. The maximum absolute atomic E-state index is 14.3. The fourth-order valence-electron chi connectivity index (χ4n) is 7.86. The minimum Gasteiger partial charge on any atom is -0.458 e. The van der Waals surface area contributed by atoms with Gasteiger partial charge in [0, 0.05) is 18.3 Å². The summed E-state index contributed by atoms with van der Waals surface area (Å²) in [6.45, 7) is 9.31. The summed E-state index contributed by atoms with van der Waals surface area (Å²) in [4.78, 5) is 40.3. The monoisotopic (exact) mass is 526 g/mol. The number of hydrogen-bond acceptors (Lipinski definition) is 7. The van der Waals surface area contributed by atoms with Crippen molar-refractivity contribution in [3.63, 3.8) is 0 Å². The largest absolute Gasteiger partial charge is 0.458 e. The maximum atomic E-state index is 14.3. The number of ketones is 2. The van der Waals surface area contributed by atoms with Gasteiger partial charge in [0.2, 0.25) is 4.33 Å². The van der Waals surface area contributed by atoms with Crippen molar-refractivity contribution < 1.29 is 33.3 Å². The Morgan fingerprint density at radius 2 is 1.60 bits per heavy atom. The highest BCUT2D eigenvalue weighted by atomic mass is 35.5. The van der Waals surface area contributed by atoms with E-state index >= 15 is 0 Å². The number of Topliss-reactive ketones (excluding diaryl/α,β-unsaturated/α-hetero) is 2. The summed E-state index contributed by atoms with van der Waals surface area (Å²) < 4.78 is 21.7. The normalized spacial score (nSPS) is 57.2. The third kappa shape index (κ3) is 3.44. The number of epoxide rings is 2. The molecule has 0 N–H and O–H groups in total. The summed E-state index contributed by atoms with van der Waals surface area (Å²) in [5.74, 6) is -4.39. The highest BCUT2D eigenvalue weighted by Crippen LogP contribution is 2.67. The van der Waals surface area contributed by atoms with Gasteiger partial charge in [-0.15, -0.1) is 0 Å². The molecule has 7 aliphatic rings. The fraction of sp³-hybridized carbons (Fsp3) is 0.808. The SMILES string of the molecule is C[C@@H]1C(=O)O[C@@H](C)/C=C/C2CC(C)(O2)[C@@H]2C3OC3[C@@H]3C[C@@]4(C)O[C@H]4[C@@H](C)C3C2C(=O)C(Cl)(Cl)C1=O. The number of halogens is 2. The Hall–Kier alpha value is -0.990. The Morgan fingerprint density at radius 3 is 2.29 bits per heavy atom. The zero-order chi connectivity index (χ0) is 25.2. The standard InChI is InChI=1S/C26H32Cl2O7/c1-10-6-7-13-8-24(4,34-13)17-16(21(30)26(27,28)20(29)12(3)23(31)32-10)15-11(2)22-25(5,35-22)9-14(15)18-19(17)33-18/h6-7,10-19,22H,8-9H2,1-5H3/b7-6+/t10-,11-,12-,13?,14+,15?,16?,17-,18?,19?,22-,24?,25+/m0/s1. The molecule has 35 heavy (non-hydrogen) atoms. The van der Waals surface area contributed by atoms with Gasteiger partial charge in [0.25, 0.3) is 0 Å². The van der Waals surface area contributed by atoms with Crippen LogP contribution in [0.4, 0.5) is 0 Å². The number of carbonyl (C=O) groups is 3. The van der Waals surface area contributed by atoms with E-state index in [1.54, 1.807) is 13.0 Å². The van der Waals surface area contributed by atoms with Gasteiger partial charge in [-0.2, -0.15) is 0 Å². The average molecular weight is 527 g/mol. The maximum Gasteiger partial charge on any atom is 0.316 e. The number of esters is 1. The van der Waals surface area contributed by atoms with Gasteiger partial charge in [-0.05, 0) is 57.9 Å². The summed E-state index contributed by atoms with van der Waals surface area (Å²) >= 11 is 13.2. The molecule has 2 bridgehead atoms. The van der Waals surface area contributed by atoms with E-state index in [1.807, 2.05) is 13.0 Å². The Bertz CT molecular complexity index is 1020. The number of rotatable bonds is 0. The number of fused-ring (bicyclic) bond motifs is 11. The van der Waals surface area contributed by atoms with E-state index in [1.165, 1.54) is 6.92 Å². The highest BCUT2D eigenvalue weighted by molar-refractivity contribution is 6.68.